The van der Waals surface area contributed by atoms with Crippen LogP contribution in [0, 0.1) is 20.8 Å². The molecule has 0 bridgehead atoms. The molecule has 5 heteroatoms. The van der Waals surface area contributed by atoms with Gasteiger partial charge in [-0.05, 0) is 74.3 Å². The number of hydrogen-bond donors (Lipinski definition) is 1. The average molecular weight is 371 g/mol. The molecule has 0 amide bonds. The number of aryl methyl sites for hydroxylation is 3. The number of nitrogens with one attached hydrogen (secondary N) is 1. The first-order valence-corrected chi connectivity index (χ1v) is 9.09. The van der Waals surface area contributed by atoms with Gasteiger partial charge in [0.25, 0.3) is 0 Å². The van der Waals surface area contributed by atoms with Gasteiger partial charge in [-0.2, -0.15) is 0 Å². The molecule has 2 rings (SSSR count). The molecule has 1 N–H and O–H groups in total. The van der Waals surface area contributed by atoms with E-state index in [1.54, 1.807) is 0 Å². The molecule has 4 nitrogen and oxygen atoms in total. The Balaban J connectivity index is 2.12. The summed E-state index contributed by atoms with van der Waals surface area (Å²) in [7, 11) is 1.94. The molecule has 138 valence electrons. The first-order valence-electron chi connectivity index (χ1n) is 8.68. The zero-order chi connectivity index (χ0) is 19.3. The maximum absolute atomic E-state index is 12.5. The van der Waals surface area contributed by atoms with E-state index in [0.717, 1.165) is 34.5 Å². The standard InChI is InChI=1S/C21H26N2O2S/c1-6-23(5)21(26)22-19-12-15(3)18(11-16(19)4)20(24)25-13-17-10-8-7-9-14(17)2/h7-12H,6,13H2,1-5H3,(H,22,26). The van der Waals surface area contributed by atoms with E-state index in [1.807, 2.05) is 76.0 Å². The molecule has 0 spiro atoms. The zero-order valence-electron chi connectivity index (χ0n) is 16.1. The molecule has 0 aliphatic rings. The van der Waals surface area contributed by atoms with E-state index in [1.165, 1.54) is 0 Å². The van der Waals surface area contributed by atoms with Gasteiger partial charge in [-0.25, -0.2) is 4.79 Å². The molecule has 26 heavy (non-hydrogen) atoms. The molecule has 0 saturated carbocycles. The maximum atomic E-state index is 12.5. The van der Waals surface area contributed by atoms with Crippen LogP contribution in [0.5, 0.6) is 0 Å². The summed E-state index contributed by atoms with van der Waals surface area (Å²) in [5, 5.41) is 3.90. The molecule has 0 fully saturated rings. The molecular formula is C21H26N2O2S. The predicted octanol–water partition coefficient (Wildman–Crippen LogP) is 4.62. The van der Waals surface area contributed by atoms with Crippen molar-refractivity contribution in [1.82, 2.24) is 4.90 Å². The second-order valence-corrected chi connectivity index (χ2v) is 6.82. The summed E-state index contributed by atoms with van der Waals surface area (Å²) in [5.41, 5.74) is 5.42. The van der Waals surface area contributed by atoms with Crippen LogP contribution in [-0.2, 0) is 11.3 Å². The van der Waals surface area contributed by atoms with Crippen LogP contribution in [0.3, 0.4) is 0 Å². The van der Waals surface area contributed by atoms with Gasteiger partial charge in [0.15, 0.2) is 5.11 Å². The molecule has 0 saturated heterocycles. The van der Waals surface area contributed by atoms with Crippen molar-refractivity contribution in [2.45, 2.75) is 34.3 Å². The quantitative estimate of drug-likeness (QED) is 0.614. The molecule has 2 aromatic carbocycles. The van der Waals surface area contributed by atoms with E-state index >= 15 is 0 Å². The van der Waals surface area contributed by atoms with E-state index in [4.69, 9.17) is 17.0 Å². The second-order valence-electron chi connectivity index (χ2n) is 6.43. The third-order valence-electron chi connectivity index (χ3n) is 4.47. The lowest BCUT2D eigenvalue weighted by Gasteiger charge is -2.20. The zero-order valence-corrected chi connectivity index (χ0v) is 16.9. The van der Waals surface area contributed by atoms with Crippen LogP contribution in [-0.4, -0.2) is 29.6 Å². The van der Waals surface area contributed by atoms with E-state index < -0.39 is 0 Å². The van der Waals surface area contributed by atoms with Crippen molar-refractivity contribution in [1.29, 1.82) is 0 Å². The molecule has 0 aliphatic carbocycles. The van der Waals surface area contributed by atoms with Crippen molar-refractivity contribution in [2.24, 2.45) is 0 Å². The van der Waals surface area contributed by atoms with Gasteiger partial charge < -0.3 is 15.0 Å². The summed E-state index contributed by atoms with van der Waals surface area (Å²) in [5.74, 6) is -0.311. The van der Waals surface area contributed by atoms with Crippen molar-refractivity contribution >= 4 is 29.0 Å². The number of benzene rings is 2. The Morgan fingerprint density at radius 1 is 1.12 bits per heavy atom. The summed E-state index contributed by atoms with van der Waals surface area (Å²) < 4.78 is 5.51. The highest BCUT2D eigenvalue weighted by atomic mass is 32.1. The third-order valence-corrected chi connectivity index (χ3v) is 4.89. The second kappa shape index (κ2) is 8.81. The van der Waals surface area contributed by atoms with Crippen LogP contribution in [0.25, 0.3) is 0 Å². The third kappa shape index (κ3) is 4.82. The number of carbonyl (C=O) groups is 1. The molecule has 2 aromatic rings. The fourth-order valence-corrected chi connectivity index (χ4v) is 2.76. The summed E-state index contributed by atoms with van der Waals surface area (Å²) in [6, 6.07) is 11.7. The number of thiocarbonyl (C=S) groups is 1. The van der Waals surface area contributed by atoms with Crippen LogP contribution in [0.1, 0.15) is 39.5 Å². The summed E-state index contributed by atoms with van der Waals surface area (Å²) >= 11 is 5.38. The van der Waals surface area contributed by atoms with Gasteiger partial charge in [0.1, 0.15) is 6.61 Å². The topological polar surface area (TPSA) is 41.6 Å². The highest BCUT2D eigenvalue weighted by molar-refractivity contribution is 7.80. The van der Waals surface area contributed by atoms with Crippen LogP contribution in [0.15, 0.2) is 36.4 Å². The SMILES string of the molecule is CCN(C)C(=S)Nc1cc(C)c(C(=O)OCc2ccccc2C)cc1C. The number of rotatable bonds is 5. The fourth-order valence-electron chi connectivity index (χ4n) is 2.52. The minimum absolute atomic E-state index is 0.273. The molecule has 0 aromatic heterocycles. The molecule has 0 atom stereocenters. The average Bonchev–Trinajstić information content (AvgIpc) is 2.62. The van der Waals surface area contributed by atoms with Crippen molar-refractivity contribution in [3.63, 3.8) is 0 Å². The lowest BCUT2D eigenvalue weighted by atomic mass is 10.0. The van der Waals surface area contributed by atoms with Crippen LogP contribution >= 0.6 is 12.2 Å². The number of nitrogens with zero attached hydrogens (tertiary/aromatic N) is 1. The van der Waals surface area contributed by atoms with Gasteiger partial charge in [0.05, 0.1) is 5.56 Å². The summed E-state index contributed by atoms with van der Waals surface area (Å²) in [4.78, 5) is 14.5. The molecular weight excluding hydrogens is 344 g/mol. The molecule has 0 unspecified atom stereocenters. The maximum Gasteiger partial charge on any atom is 0.338 e. The van der Waals surface area contributed by atoms with Gasteiger partial charge in [0.2, 0.25) is 0 Å². The Morgan fingerprint density at radius 2 is 1.81 bits per heavy atom. The van der Waals surface area contributed by atoms with Crippen LogP contribution in [0.2, 0.25) is 0 Å². The lowest BCUT2D eigenvalue weighted by Crippen LogP contribution is -2.31. The monoisotopic (exact) mass is 370 g/mol. The first kappa shape index (κ1) is 19.9. The molecule has 0 aliphatic heterocycles. The molecule has 0 radical (unpaired) electrons. The van der Waals surface area contributed by atoms with Crippen molar-refractivity contribution in [2.75, 3.05) is 18.9 Å². The van der Waals surface area contributed by atoms with E-state index in [9.17, 15) is 4.79 Å². The minimum Gasteiger partial charge on any atom is -0.457 e. The summed E-state index contributed by atoms with van der Waals surface area (Å²) in [6.07, 6.45) is 0. The van der Waals surface area contributed by atoms with Crippen LogP contribution in [0.4, 0.5) is 5.69 Å². The van der Waals surface area contributed by atoms with Crippen LogP contribution < -0.4 is 5.32 Å². The fraction of sp³-hybridized carbons (Fsp3) is 0.333. The van der Waals surface area contributed by atoms with Crippen molar-refractivity contribution in [3.8, 4) is 0 Å². The number of ether oxygens (including phenoxy) is 1. The van der Waals surface area contributed by atoms with E-state index in [2.05, 4.69) is 5.32 Å². The minimum atomic E-state index is -0.311. The van der Waals surface area contributed by atoms with Crippen molar-refractivity contribution in [3.05, 3.63) is 64.2 Å². The Morgan fingerprint density at radius 3 is 2.46 bits per heavy atom. The lowest BCUT2D eigenvalue weighted by molar-refractivity contribution is 0.0471. The number of carbonyl (C=O) groups excluding carboxylic acids is 1. The van der Waals surface area contributed by atoms with Gasteiger partial charge in [-0.1, -0.05) is 24.3 Å². The largest absolute Gasteiger partial charge is 0.457 e. The van der Waals surface area contributed by atoms with Gasteiger partial charge in [0, 0.05) is 19.3 Å². The molecule has 0 heterocycles. The summed E-state index contributed by atoms with van der Waals surface area (Å²) in [6.45, 7) is 9.01. The Labute approximate surface area is 161 Å². The Hall–Kier alpha value is -2.40. The van der Waals surface area contributed by atoms with Gasteiger partial charge in [-0.15, -0.1) is 0 Å². The first-order chi connectivity index (χ1) is 12.3. The van der Waals surface area contributed by atoms with E-state index in [-0.39, 0.29) is 12.6 Å². The number of anilines is 1. The van der Waals surface area contributed by atoms with Gasteiger partial charge >= 0.3 is 5.97 Å². The Kier molecular flexibility index (Phi) is 6.75. The van der Waals surface area contributed by atoms with Gasteiger partial charge in [-0.3, -0.25) is 0 Å². The van der Waals surface area contributed by atoms with Crippen molar-refractivity contribution < 1.29 is 9.53 Å². The number of hydrogen-bond acceptors (Lipinski definition) is 3. The Bertz CT molecular complexity index is 818. The smallest absolute Gasteiger partial charge is 0.338 e. The number of esters is 1. The highest BCUT2D eigenvalue weighted by Crippen LogP contribution is 2.22. The normalized spacial score (nSPS) is 10.3. The highest BCUT2D eigenvalue weighted by Gasteiger charge is 2.15. The predicted molar refractivity (Wildman–Crippen MR) is 111 cm³/mol. The van der Waals surface area contributed by atoms with E-state index in [0.29, 0.717) is 10.7 Å².